The molecule has 30 heavy (non-hydrogen) atoms. The Balaban J connectivity index is 1.59. The standard InChI is InChI=1S/C16H16F6N4O3S/c17-15(18,19)14-5-6-25(23-14)11-24-7-9-26(10-8-24)30(27,28)13-3-1-12(2-4-13)29-16(20,21)22/h1-6H,7-11H2. The van der Waals surface area contributed by atoms with Gasteiger partial charge in [0.05, 0.1) is 11.6 Å². The maximum absolute atomic E-state index is 12.7. The zero-order valence-electron chi connectivity index (χ0n) is 15.2. The van der Waals surface area contributed by atoms with E-state index in [1.54, 1.807) is 4.90 Å². The van der Waals surface area contributed by atoms with Crippen LogP contribution in [-0.2, 0) is 22.9 Å². The largest absolute Gasteiger partial charge is 0.573 e. The Kier molecular flexibility index (Phi) is 6.02. The van der Waals surface area contributed by atoms with Gasteiger partial charge in [-0.3, -0.25) is 9.58 Å². The van der Waals surface area contributed by atoms with Gasteiger partial charge in [-0.05, 0) is 30.3 Å². The lowest BCUT2D eigenvalue weighted by Gasteiger charge is -2.33. The molecule has 1 aliphatic rings. The van der Waals surface area contributed by atoms with Gasteiger partial charge in [0.1, 0.15) is 5.75 Å². The second-order valence-corrected chi connectivity index (χ2v) is 8.36. The second kappa shape index (κ2) is 8.07. The molecule has 0 aliphatic carbocycles. The van der Waals surface area contributed by atoms with Gasteiger partial charge < -0.3 is 4.74 Å². The summed E-state index contributed by atoms with van der Waals surface area (Å²) in [4.78, 5) is 1.55. The van der Waals surface area contributed by atoms with Crippen molar-refractivity contribution in [1.29, 1.82) is 0 Å². The molecule has 0 amide bonds. The van der Waals surface area contributed by atoms with E-state index >= 15 is 0 Å². The third-order valence-corrected chi connectivity index (χ3v) is 6.22. The highest BCUT2D eigenvalue weighted by atomic mass is 32.2. The lowest BCUT2D eigenvalue weighted by molar-refractivity contribution is -0.274. The van der Waals surface area contributed by atoms with E-state index in [0.29, 0.717) is 0 Å². The molecule has 166 valence electrons. The summed E-state index contributed by atoms with van der Waals surface area (Å²) < 4.78 is 106. The van der Waals surface area contributed by atoms with Gasteiger partial charge in [0.15, 0.2) is 5.69 Å². The van der Waals surface area contributed by atoms with Crippen molar-refractivity contribution >= 4 is 10.0 Å². The van der Waals surface area contributed by atoms with Crippen LogP contribution in [0.3, 0.4) is 0 Å². The predicted molar refractivity (Wildman–Crippen MR) is 90.7 cm³/mol. The van der Waals surface area contributed by atoms with E-state index in [9.17, 15) is 34.8 Å². The Bertz CT molecular complexity index is 964. The summed E-state index contributed by atoms with van der Waals surface area (Å²) in [7, 11) is -3.94. The Morgan fingerprint density at radius 3 is 2.03 bits per heavy atom. The number of aromatic nitrogens is 2. The lowest BCUT2D eigenvalue weighted by Crippen LogP contribution is -2.48. The van der Waals surface area contributed by atoms with Gasteiger partial charge in [0.25, 0.3) is 0 Å². The first-order valence-electron chi connectivity index (χ1n) is 8.53. The van der Waals surface area contributed by atoms with E-state index in [2.05, 4.69) is 9.84 Å². The smallest absolute Gasteiger partial charge is 0.406 e. The van der Waals surface area contributed by atoms with Crippen molar-refractivity contribution in [2.75, 3.05) is 26.2 Å². The molecule has 0 unspecified atom stereocenters. The van der Waals surface area contributed by atoms with E-state index in [-0.39, 0.29) is 37.7 Å². The minimum absolute atomic E-state index is 0.0629. The molecule has 0 saturated carbocycles. The van der Waals surface area contributed by atoms with E-state index in [1.807, 2.05) is 0 Å². The second-order valence-electron chi connectivity index (χ2n) is 6.42. The minimum Gasteiger partial charge on any atom is -0.406 e. The van der Waals surface area contributed by atoms with Crippen LogP contribution in [-0.4, -0.2) is 59.9 Å². The van der Waals surface area contributed by atoms with Crippen molar-refractivity contribution in [3.63, 3.8) is 0 Å². The summed E-state index contributed by atoms with van der Waals surface area (Å²) in [5, 5.41) is 3.45. The molecule has 0 spiro atoms. The van der Waals surface area contributed by atoms with Gasteiger partial charge in [-0.2, -0.15) is 22.6 Å². The van der Waals surface area contributed by atoms with Crippen molar-refractivity contribution in [3.8, 4) is 5.75 Å². The van der Waals surface area contributed by atoms with Crippen molar-refractivity contribution in [2.45, 2.75) is 24.1 Å². The molecule has 1 aliphatic heterocycles. The van der Waals surface area contributed by atoms with Gasteiger partial charge in [-0.25, -0.2) is 8.42 Å². The maximum Gasteiger partial charge on any atom is 0.573 e. The molecular weight excluding hydrogens is 442 g/mol. The summed E-state index contributed by atoms with van der Waals surface area (Å²) in [5.41, 5.74) is -1.01. The first-order chi connectivity index (χ1) is 13.8. The number of piperazine rings is 1. The number of hydrogen-bond donors (Lipinski definition) is 0. The Morgan fingerprint density at radius 2 is 1.53 bits per heavy atom. The third-order valence-electron chi connectivity index (χ3n) is 4.30. The molecule has 2 heterocycles. The van der Waals surface area contributed by atoms with Crippen LogP contribution in [0, 0.1) is 0 Å². The fraction of sp³-hybridized carbons (Fsp3) is 0.438. The number of rotatable bonds is 5. The van der Waals surface area contributed by atoms with Crippen LogP contribution in [0.25, 0.3) is 0 Å². The van der Waals surface area contributed by atoms with E-state index in [0.717, 1.165) is 39.3 Å². The fourth-order valence-electron chi connectivity index (χ4n) is 2.87. The number of nitrogens with zero attached hydrogens (tertiary/aromatic N) is 4. The molecule has 3 rings (SSSR count). The SMILES string of the molecule is O=S(=O)(c1ccc(OC(F)(F)F)cc1)N1CCN(Cn2ccc(C(F)(F)F)n2)CC1. The average molecular weight is 458 g/mol. The first-order valence-corrected chi connectivity index (χ1v) is 9.97. The maximum atomic E-state index is 12.7. The van der Waals surface area contributed by atoms with Crippen LogP contribution in [0.1, 0.15) is 5.69 Å². The number of alkyl halides is 6. The fourth-order valence-corrected chi connectivity index (χ4v) is 4.29. The highest BCUT2D eigenvalue weighted by molar-refractivity contribution is 7.89. The highest BCUT2D eigenvalue weighted by Crippen LogP contribution is 2.28. The normalized spacial score (nSPS) is 17.3. The topological polar surface area (TPSA) is 67.7 Å². The average Bonchev–Trinajstić information content (AvgIpc) is 3.10. The number of hydrogen-bond acceptors (Lipinski definition) is 5. The lowest BCUT2D eigenvalue weighted by atomic mass is 10.3. The molecule has 7 nitrogen and oxygen atoms in total. The van der Waals surface area contributed by atoms with Crippen LogP contribution in [0.2, 0.25) is 0 Å². The number of sulfonamides is 1. The van der Waals surface area contributed by atoms with E-state index < -0.39 is 34.0 Å². The third kappa shape index (κ3) is 5.43. The molecule has 1 fully saturated rings. The number of benzene rings is 1. The Hall–Kier alpha value is -2.32. The molecule has 0 atom stereocenters. The molecule has 0 bridgehead atoms. The Morgan fingerprint density at radius 1 is 0.933 bits per heavy atom. The van der Waals surface area contributed by atoms with Crippen LogP contribution in [0.4, 0.5) is 26.3 Å². The minimum atomic E-state index is -4.88. The van der Waals surface area contributed by atoms with Crippen molar-refractivity contribution in [2.24, 2.45) is 0 Å². The molecular formula is C16H16F6N4O3S. The van der Waals surface area contributed by atoms with Gasteiger partial charge >= 0.3 is 12.5 Å². The van der Waals surface area contributed by atoms with E-state index in [1.165, 1.54) is 6.20 Å². The van der Waals surface area contributed by atoms with Crippen LogP contribution in [0.15, 0.2) is 41.4 Å². The van der Waals surface area contributed by atoms with Crippen LogP contribution in [0.5, 0.6) is 5.75 Å². The number of halogens is 6. The van der Waals surface area contributed by atoms with Crippen LogP contribution < -0.4 is 4.74 Å². The molecule has 2 aromatic rings. The summed E-state index contributed by atoms with van der Waals surface area (Å²) in [6, 6.07) is 4.71. The van der Waals surface area contributed by atoms with Crippen molar-refractivity contribution < 1.29 is 39.5 Å². The van der Waals surface area contributed by atoms with Crippen LogP contribution >= 0.6 is 0 Å². The first kappa shape index (κ1) is 22.4. The summed E-state index contributed by atoms with van der Waals surface area (Å²) >= 11 is 0. The zero-order chi connectivity index (χ0) is 22.2. The van der Waals surface area contributed by atoms with Crippen molar-refractivity contribution in [1.82, 2.24) is 19.0 Å². The quantitative estimate of drug-likeness (QED) is 0.645. The van der Waals surface area contributed by atoms with Crippen molar-refractivity contribution in [3.05, 3.63) is 42.2 Å². The zero-order valence-corrected chi connectivity index (χ0v) is 16.0. The monoisotopic (exact) mass is 458 g/mol. The predicted octanol–water partition coefficient (Wildman–Crippen LogP) is 2.76. The van der Waals surface area contributed by atoms with Gasteiger partial charge in [-0.1, -0.05) is 0 Å². The van der Waals surface area contributed by atoms with Gasteiger partial charge in [0.2, 0.25) is 10.0 Å². The molecule has 0 N–H and O–H groups in total. The molecule has 1 aromatic carbocycles. The molecule has 0 radical (unpaired) electrons. The van der Waals surface area contributed by atoms with E-state index in [4.69, 9.17) is 0 Å². The molecule has 1 saturated heterocycles. The highest BCUT2D eigenvalue weighted by Gasteiger charge is 2.34. The molecule has 1 aromatic heterocycles. The Labute approximate surface area is 167 Å². The number of ether oxygens (including phenoxy) is 1. The van der Waals surface area contributed by atoms with Gasteiger partial charge in [0, 0.05) is 32.4 Å². The summed E-state index contributed by atoms with van der Waals surface area (Å²) in [6.07, 6.45) is -8.23. The molecule has 14 heteroatoms. The summed E-state index contributed by atoms with van der Waals surface area (Å²) in [5.74, 6) is -0.538. The summed E-state index contributed by atoms with van der Waals surface area (Å²) in [6.45, 7) is 0.686. The van der Waals surface area contributed by atoms with Gasteiger partial charge in [-0.15, -0.1) is 13.2 Å².